The van der Waals surface area contributed by atoms with Gasteiger partial charge in [-0.2, -0.15) is 0 Å². The Labute approximate surface area is 206 Å². The molecule has 0 saturated carbocycles. The Morgan fingerprint density at radius 1 is 1.17 bits per heavy atom. The van der Waals surface area contributed by atoms with Crippen LogP contribution in [-0.4, -0.2) is 60.9 Å². The minimum atomic E-state index is -1.07. The van der Waals surface area contributed by atoms with Gasteiger partial charge < -0.3 is 15.4 Å². The molecule has 1 saturated heterocycles. The van der Waals surface area contributed by atoms with Gasteiger partial charge in [0.15, 0.2) is 0 Å². The van der Waals surface area contributed by atoms with Crippen molar-refractivity contribution in [2.45, 2.75) is 44.7 Å². The number of likely N-dealkylation sites (N-methyl/N-ethyl adjacent to an activating group) is 1. The number of urea groups is 1. The smallest absolute Gasteiger partial charge is 0.325 e. The summed E-state index contributed by atoms with van der Waals surface area (Å²) in [5.41, 5.74) is 1.86. The number of rotatable bonds is 9. The average molecular weight is 479 g/mol. The number of nitrogens with zero attached hydrogens (tertiary/aromatic N) is 2. The lowest BCUT2D eigenvalue weighted by molar-refractivity contribution is -0.135. The van der Waals surface area contributed by atoms with E-state index in [1.54, 1.807) is 7.11 Å². The molecule has 0 radical (unpaired) electrons. The van der Waals surface area contributed by atoms with E-state index in [2.05, 4.69) is 29.4 Å². The van der Waals surface area contributed by atoms with Gasteiger partial charge in [0.25, 0.3) is 5.91 Å². The highest BCUT2D eigenvalue weighted by Crippen LogP contribution is 2.39. The summed E-state index contributed by atoms with van der Waals surface area (Å²) in [4.78, 5) is 42.5. The van der Waals surface area contributed by atoms with Gasteiger partial charge in [0.1, 0.15) is 17.8 Å². The molecule has 8 nitrogen and oxygen atoms in total. The first-order valence-corrected chi connectivity index (χ1v) is 12.3. The van der Waals surface area contributed by atoms with Crippen LogP contribution in [0.5, 0.6) is 5.75 Å². The second-order valence-electron chi connectivity index (χ2n) is 9.06. The first kappa shape index (κ1) is 24.7. The lowest BCUT2D eigenvalue weighted by Gasteiger charge is -2.33. The summed E-state index contributed by atoms with van der Waals surface area (Å²) in [5.74, 6) is 0.0379. The second-order valence-corrected chi connectivity index (χ2v) is 9.06. The van der Waals surface area contributed by atoms with E-state index in [9.17, 15) is 14.4 Å². The fourth-order valence-corrected chi connectivity index (χ4v) is 5.34. The lowest BCUT2D eigenvalue weighted by atomic mass is 9.76. The summed E-state index contributed by atoms with van der Waals surface area (Å²) in [6.07, 6.45) is 2.21. The van der Waals surface area contributed by atoms with E-state index in [0.717, 1.165) is 53.3 Å². The number of aryl methyl sites for hydroxylation is 1. The van der Waals surface area contributed by atoms with Gasteiger partial charge in [0, 0.05) is 6.54 Å². The zero-order valence-corrected chi connectivity index (χ0v) is 20.7. The van der Waals surface area contributed by atoms with Crippen LogP contribution in [0.25, 0.3) is 0 Å². The number of imide groups is 1. The standard InChI is InChI=1S/C27H34N4O4/c1-4-30(5-2)23(20-11-8-13-21(16-20)35-3)17-28-24(32)18-31-25(33)27(29-26(31)34)15-9-12-19-10-6-7-14-22(19)27/h6-8,10-11,13-14,16,23H,4-5,9,12,15,17-18H2,1-3H3,(H,28,32)(H,29,34)/t23-,27+/m0/s1. The Morgan fingerprint density at radius 3 is 2.69 bits per heavy atom. The van der Waals surface area contributed by atoms with E-state index in [0.29, 0.717) is 13.0 Å². The molecule has 1 aliphatic heterocycles. The molecule has 35 heavy (non-hydrogen) atoms. The Hall–Kier alpha value is -3.39. The van der Waals surface area contributed by atoms with Gasteiger partial charge >= 0.3 is 6.03 Å². The highest BCUT2D eigenvalue weighted by atomic mass is 16.5. The number of carbonyl (C=O) groups is 3. The molecule has 2 aliphatic rings. The number of nitrogens with one attached hydrogen (secondary N) is 2. The van der Waals surface area contributed by atoms with E-state index in [-0.39, 0.29) is 24.4 Å². The quantitative estimate of drug-likeness (QED) is 0.541. The van der Waals surface area contributed by atoms with Crippen molar-refractivity contribution in [3.8, 4) is 5.75 Å². The van der Waals surface area contributed by atoms with Crippen molar-refractivity contribution in [1.29, 1.82) is 0 Å². The molecule has 186 valence electrons. The molecule has 0 bridgehead atoms. The minimum absolute atomic E-state index is 0.0660. The first-order valence-electron chi connectivity index (χ1n) is 12.3. The van der Waals surface area contributed by atoms with Crippen LogP contribution in [0, 0.1) is 0 Å². The molecule has 1 spiro atoms. The molecule has 0 aromatic heterocycles. The van der Waals surface area contributed by atoms with Gasteiger partial charge in [-0.3, -0.25) is 19.4 Å². The number of hydrogen-bond donors (Lipinski definition) is 2. The number of hydrogen-bond acceptors (Lipinski definition) is 5. The first-order chi connectivity index (χ1) is 16.9. The number of fused-ring (bicyclic) bond motifs is 2. The SMILES string of the molecule is CCN(CC)[C@@H](CNC(=O)CN1C(=O)N[C@@]2(CCCc3ccccc32)C1=O)c1cccc(OC)c1. The Balaban J connectivity index is 1.47. The summed E-state index contributed by atoms with van der Waals surface area (Å²) in [5, 5.41) is 5.86. The van der Waals surface area contributed by atoms with Crippen molar-refractivity contribution >= 4 is 17.8 Å². The van der Waals surface area contributed by atoms with E-state index in [4.69, 9.17) is 4.74 Å². The number of ether oxygens (including phenoxy) is 1. The van der Waals surface area contributed by atoms with E-state index in [1.807, 2.05) is 48.5 Å². The number of methoxy groups -OCH3 is 1. The Bertz CT molecular complexity index is 1100. The molecule has 1 fully saturated rings. The topological polar surface area (TPSA) is 91.0 Å². The highest BCUT2D eigenvalue weighted by Gasteiger charge is 2.54. The Kier molecular flexibility index (Phi) is 7.40. The van der Waals surface area contributed by atoms with Crippen LogP contribution < -0.4 is 15.4 Å². The van der Waals surface area contributed by atoms with Gasteiger partial charge in [-0.15, -0.1) is 0 Å². The molecule has 1 heterocycles. The van der Waals surface area contributed by atoms with E-state index in [1.165, 1.54) is 0 Å². The molecule has 4 amide bonds. The van der Waals surface area contributed by atoms with Crippen LogP contribution >= 0.6 is 0 Å². The Morgan fingerprint density at radius 2 is 1.94 bits per heavy atom. The number of benzene rings is 2. The lowest BCUT2D eigenvalue weighted by Crippen LogP contribution is -2.47. The monoisotopic (exact) mass is 478 g/mol. The van der Waals surface area contributed by atoms with Crippen LogP contribution in [-0.2, 0) is 21.5 Å². The maximum absolute atomic E-state index is 13.5. The molecule has 2 aromatic carbocycles. The molecule has 0 unspecified atom stereocenters. The zero-order valence-electron chi connectivity index (χ0n) is 20.7. The fraction of sp³-hybridized carbons (Fsp3) is 0.444. The van der Waals surface area contributed by atoms with Gasteiger partial charge in [-0.05, 0) is 61.2 Å². The van der Waals surface area contributed by atoms with Crippen molar-refractivity contribution in [1.82, 2.24) is 20.4 Å². The van der Waals surface area contributed by atoms with Crippen molar-refractivity contribution in [3.05, 3.63) is 65.2 Å². The molecule has 2 N–H and O–H groups in total. The molecular weight excluding hydrogens is 444 g/mol. The summed E-state index contributed by atoms with van der Waals surface area (Å²) < 4.78 is 5.38. The van der Waals surface area contributed by atoms with Gasteiger partial charge in [0.05, 0.1) is 13.2 Å². The summed E-state index contributed by atoms with van der Waals surface area (Å²) in [6.45, 7) is 5.82. The van der Waals surface area contributed by atoms with Gasteiger partial charge in [0.2, 0.25) is 5.91 Å². The van der Waals surface area contributed by atoms with Crippen LogP contribution in [0.1, 0.15) is 49.4 Å². The van der Waals surface area contributed by atoms with Crippen LogP contribution in [0.2, 0.25) is 0 Å². The zero-order chi connectivity index (χ0) is 25.0. The predicted octanol–water partition coefficient (Wildman–Crippen LogP) is 2.98. The fourth-order valence-electron chi connectivity index (χ4n) is 5.34. The summed E-state index contributed by atoms with van der Waals surface area (Å²) in [7, 11) is 1.63. The van der Waals surface area contributed by atoms with Gasteiger partial charge in [-0.1, -0.05) is 50.2 Å². The second kappa shape index (κ2) is 10.5. The number of carbonyl (C=O) groups excluding carboxylic acids is 3. The molecule has 8 heteroatoms. The third-order valence-electron chi connectivity index (χ3n) is 7.18. The predicted molar refractivity (Wildman–Crippen MR) is 133 cm³/mol. The third kappa shape index (κ3) is 4.75. The third-order valence-corrected chi connectivity index (χ3v) is 7.18. The maximum atomic E-state index is 13.5. The van der Waals surface area contributed by atoms with Crippen LogP contribution in [0.15, 0.2) is 48.5 Å². The van der Waals surface area contributed by atoms with Crippen molar-refractivity contribution < 1.29 is 19.1 Å². The van der Waals surface area contributed by atoms with Gasteiger partial charge in [-0.25, -0.2) is 4.79 Å². The number of amides is 4. The molecule has 2 aromatic rings. The van der Waals surface area contributed by atoms with E-state index < -0.39 is 11.6 Å². The van der Waals surface area contributed by atoms with Crippen molar-refractivity contribution in [3.63, 3.8) is 0 Å². The van der Waals surface area contributed by atoms with Crippen LogP contribution in [0.3, 0.4) is 0 Å². The maximum Gasteiger partial charge on any atom is 0.325 e. The van der Waals surface area contributed by atoms with Crippen molar-refractivity contribution in [2.75, 3.05) is 33.3 Å². The van der Waals surface area contributed by atoms with Crippen molar-refractivity contribution in [2.24, 2.45) is 0 Å². The summed E-state index contributed by atoms with van der Waals surface area (Å²) >= 11 is 0. The normalized spacial score (nSPS) is 20.1. The largest absolute Gasteiger partial charge is 0.497 e. The van der Waals surface area contributed by atoms with E-state index >= 15 is 0 Å². The molecular formula is C27H34N4O4. The minimum Gasteiger partial charge on any atom is -0.497 e. The van der Waals surface area contributed by atoms with Crippen LogP contribution in [0.4, 0.5) is 4.79 Å². The molecule has 4 rings (SSSR count). The summed E-state index contributed by atoms with van der Waals surface area (Å²) in [6, 6.07) is 14.9. The highest BCUT2D eigenvalue weighted by molar-refractivity contribution is 6.09. The average Bonchev–Trinajstić information content (AvgIpc) is 3.11. The molecule has 2 atom stereocenters. The molecule has 1 aliphatic carbocycles.